The molecule has 0 fully saturated rings. The van der Waals surface area contributed by atoms with Crippen LogP contribution in [-0.2, 0) is 14.6 Å². The number of hydrogen-bond donors (Lipinski definition) is 0. The summed E-state index contributed by atoms with van der Waals surface area (Å²) in [6.45, 7) is 2.27. The maximum absolute atomic E-state index is 13.2. The van der Waals surface area contributed by atoms with Crippen molar-refractivity contribution in [3.63, 3.8) is 0 Å². The second kappa shape index (κ2) is 4.29. The molecule has 0 bridgehead atoms. The highest BCUT2D eigenvalue weighted by Crippen LogP contribution is 2.20. The minimum absolute atomic E-state index is 0.472. The molecule has 0 aliphatic rings. The van der Waals surface area contributed by atoms with Gasteiger partial charge in [-0.2, -0.15) is 0 Å². The van der Waals surface area contributed by atoms with Gasteiger partial charge >= 0.3 is 0 Å². The molecule has 0 radical (unpaired) electrons. The van der Waals surface area contributed by atoms with Crippen molar-refractivity contribution >= 4 is 15.6 Å². The number of halogens is 2. The molecule has 1 aromatic carbocycles. The van der Waals surface area contributed by atoms with Crippen LogP contribution >= 0.6 is 0 Å². The molecular formula is C10H10F2O3S. The molecule has 0 aromatic heterocycles. The third kappa shape index (κ3) is 2.27. The maximum Gasteiger partial charge on any atom is 0.190 e. The molecule has 0 aliphatic carbocycles. The number of Topliss-reactive ketones (excluding diaryl/α,β-unsaturated/α-hetero) is 1. The summed E-state index contributed by atoms with van der Waals surface area (Å²) in [5.74, 6) is -2.65. The van der Waals surface area contributed by atoms with E-state index in [1.165, 1.54) is 6.92 Å². The summed E-state index contributed by atoms with van der Waals surface area (Å²) in [5, 5.41) is -1.34. The first-order valence-corrected chi connectivity index (χ1v) is 6.01. The Morgan fingerprint density at radius 3 is 2.31 bits per heavy atom. The predicted octanol–water partition coefficient (Wildman–Crippen LogP) is 1.72. The quantitative estimate of drug-likeness (QED) is 0.765. The van der Waals surface area contributed by atoms with Gasteiger partial charge in [-0.3, -0.25) is 4.79 Å². The average molecular weight is 248 g/mol. The number of benzene rings is 1. The number of sulfone groups is 1. The normalized spacial score (nSPS) is 13.5. The van der Waals surface area contributed by atoms with Crippen molar-refractivity contribution in [1.29, 1.82) is 0 Å². The number of carbonyl (C=O) groups excluding carboxylic acids is 1. The standard InChI is InChI=1S/C10H10F2O3S/c1-6(13)7(2)16(14,15)10-4-3-8(11)5-9(10)12/h3-5,7H,1-2H3. The zero-order chi connectivity index (χ0) is 12.5. The fraction of sp³-hybridized carbons (Fsp3) is 0.300. The molecule has 6 heteroatoms. The van der Waals surface area contributed by atoms with Gasteiger partial charge in [0, 0.05) is 6.07 Å². The Hall–Kier alpha value is -1.30. The van der Waals surface area contributed by atoms with Gasteiger partial charge in [0.25, 0.3) is 0 Å². The lowest BCUT2D eigenvalue weighted by atomic mass is 10.3. The molecule has 1 rings (SSSR count). The van der Waals surface area contributed by atoms with Crippen LogP contribution in [-0.4, -0.2) is 19.5 Å². The van der Waals surface area contributed by atoms with Crippen molar-refractivity contribution < 1.29 is 22.0 Å². The number of hydrogen-bond acceptors (Lipinski definition) is 3. The Balaban J connectivity index is 3.33. The molecule has 0 heterocycles. The molecule has 0 N–H and O–H groups in total. The van der Waals surface area contributed by atoms with Crippen LogP contribution in [0.3, 0.4) is 0 Å². The highest BCUT2D eigenvalue weighted by molar-refractivity contribution is 7.92. The second-order valence-corrected chi connectivity index (χ2v) is 5.61. The van der Waals surface area contributed by atoms with Gasteiger partial charge in [-0.25, -0.2) is 17.2 Å². The van der Waals surface area contributed by atoms with Crippen molar-refractivity contribution in [3.8, 4) is 0 Å². The Bertz CT molecular complexity index is 523. The van der Waals surface area contributed by atoms with Gasteiger partial charge in [0.15, 0.2) is 9.84 Å². The molecule has 0 spiro atoms. The van der Waals surface area contributed by atoms with E-state index in [1.54, 1.807) is 0 Å². The smallest absolute Gasteiger partial charge is 0.190 e. The van der Waals surface area contributed by atoms with E-state index in [2.05, 4.69) is 0 Å². The largest absolute Gasteiger partial charge is 0.299 e. The molecule has 1 unspecified atom stereocenters. The number of rotatable bonds is 3. The molecule has 0 saturated heterocycles. The van der Waals surface area contributed by atoms with Crippen LogP contribution in [0, 0.1) is 11.6 Å². The van der Waals surface area contributed by atoms with Crippen LogP contribution in [0.5, 0.6) is 0 Å². The monoisotopic (exact) mass is 248 g/mol. The van der Waals surface area contributed by atoms with Gasteiger partial charge in [0.05, 0.1) is 0 Å². The molecule has 88 valence electrons. The Labute approximate surface area is 92.0 Å². The SMILES string of the molecule is CC(=O)C(C)S(=O)(=O)c1ccc(F)cc1F. The van der Waals surface area contributed by atoms with E-state index in [9.17, 15) is 22.0 Å². The first-order valence-electron chi connectivity index (χ1n) is 4.46. The minimum Gasteiger partial charge on any atom is -0.299 e. The lowest BCUT2D eigenvalue weighted by Gasteiger charge is -2.10. The summed E-state index contributed by atoms with van der Waals surface area (Å²) in [7, 11) is -4.08. The lowest BCUT2D eigenvalue weighted by Crippen LogP contribution is -2.26. The van der Waals surface area contributed by atoms with E-state index in [-0.39, 0.29) is 0 Å². The molecule has 0 aliphatic heterocycles. The predicted molar refractivity (Wildman–Crippen MR) is 53.7 cm³/mol. The van der Waals surface area contributed by atoms with Gasteiger partial charge in [-0.15, -0.1) is 0 Å². The van der Waals surface area contributed by atoms with Crippen LogP contribution in [0.25, 0.3) is 0 Å². The number of carbonyl (C=O) groups is 1. The fourth-order valence-corrected chi connectivity index (χ4v) is 2.52. The van der Waals surface area contributed by atoms with Crippen LogP contribution < -0.4 is 0 Å². The summed E-state index contributed by atoms with van der Waals surface area (Å²) in [6, 6.07) is 2.13. The minimum atomic E-state index is -4.08. The van der Waals surface area contributed by atoms with Gasteiger partial charge in [-0.1, -0.05) is 0 Å². The van der Waals surface area contributed by atoms with E-state index < -0.39 is 37.4 Å². The van der Waals surface area contributed by atoms with E-state index in [0.29, 0.717) is 6.07 Å². The van der Waals surface area contributed by atoms with Crippen molar-refractivity contribution in [3.05, 3.63) is 29.8 Å². The third-order valence-corrected chi connectivity index (χ3v) is 4.45. The van der Waals surface area contributed by atoms with Crippen LogP contribution in [0.4, 0.5) is 8.78 Å². The highest BCUT2D eigenvalue weighted by Gasteiger charge is 2.29. The summed E-state index contributed by atoms with van der Waals surface area (Å²) in [6.07, 6.45) is 0. The summed E-state index contributed by atoms with van der Waals surface area (Å²) in [4.78, 5) is 10.3. The van der Waals surface area contributed by atoms with Gasteiger partial charge < -0.3 is 0 Å². The van der Waals surface area contributed by atoms with Gasteiger partial charge in [-0.05, 0) is 26.0 Å². The van der Waals surface area contributed by atoms with E-state index in [1.807, 2.05) is 0 Å². The first kappa shape index (κ1) is 12.8. The zero-order valence-electron chi connectivity index (χ0n) is 8.70. The maximum atomic E-state index is 13.2. The van der Waals surface area contributed by atoms with Crippen LogP contribution in [0.15, 0.2) is 23.1 Å². The second-order valence-electron chi connectivity index (χ2n) is 3.37. The van der Waals surface area contributed by atoms with Crippen molar-refractivity contribution in [1.82, 2.24) is 0 Å². The molecule has 0 amide bonds. The van der Waals surface area contributed by atoms with Crippen molar-refractivity contribution in [2.45, 2.75) is 24.0 Å². The number of ketones is 1. The van der Waals surface area contributed by atoms with Crippen LogP contribution in [0.1, 0.15) is 13.8 Å². The van der Waals surface area contributed by atoms with Crippen molar-refractivity contribution in [2.75, 3.05) is 0 Å². The Morgan fingerprint density at radius 1 is 1.31 bits per heavy atom. The Morgan fingerprint density at radius 2 is 1.88 bits per heavy atom. The Kier molecular flexibility index (Phi) is 3.42. The molecule has 1 aromatic rings. The van der Waals surface area contributed by atoms with Crippen molar-refractivity contribution in [2.24, 2.45) is 0 Å². The molecule has 0 saturated carbocycles. The molecule has 3 nitrogen and oxygen atoms in total. The molecular weight excluding hydrogens is 238 g/mol. The summed E-state index contributed by atoms with van der Waals surface area (Å²) >= 11 is 0. The zero-order valence-corrected chi connectivity index (χ0v) is 9.51. The lowest BCUT2D eigenvalue weighted by molar-refractivity contribution is -0.116. The van der Waals surface area contributed by atoms with Crippen LogP contribution in [0.2, 0.25) is 0 Å². The molecule has 1 atom stereocenters. The summed E-state index contributed by atoms with van der Waals surface area (Å²) < 4.78 is 49.3. The first-order chi connectivity index (χ1) is 7.26. The summed E-state index contributed by atoms with van der Waals surface area (Å²) in [5.41, 5.74) is 0. The van der Waals surface area contributed by atoms with E-state index >= 15 is 0 Å². The highest BCUT2D eigenvalue weighted by atomic mass is 32.2. The fourth-order valence-electron chi connectivity index (χ4n) is 1.11. The molecule has 16 heavy (non-hydrogen) atoms. The van der Waals surface area contributed by atoms with E-state index in [0.717, 1.165) is 19.1 Å². The topological polar surface area (TPSA) is 51.2 Å². The average Bonchev–Trinajstić information content (AvgIpc) is 2.15. The van der Waals surface area contributed by atoms with E-state index in [4.69, 9.17) is 0 Å². The van der Waals surface area contributed by atoms with Gasteiger partial charge in [0.2, 0.25) is 0 Å². The third-order valence-electron chi connectivity index (χ3n) is 2.24. The van der Waals surface area contributed by atoms with Gasteiger partial charge in [0.1, 0.15) is 27.6 Å².